The number of hydrogen-bond donors (Lipinski definition) is 0. The Bertz CT molecular complexity index is 131. The van der Waals surface area contributed by atoms with Gasteiger partial charge in [0.2, 0.25) is 5.92 Å². The molecule has 4 heteroatoms. The van der Waals surface area contributed by atoms with Gasteiger partial charge in [0.05, 0.1) is 0 Å². The lowest BCUT2D eigenvalue weighted by atomic mass is 10.3. The Kier molecular flexibility index (Phi) is 4.65. The zero-order valence-corrected chi connectivity index (χ0v) is 7.51. The van der Waals surface area contributed by atoms with E-state index in [0.29, 0.717) is 6.42 Å². The van der Waals surface area contributed by atoms with Crippen LogP contribution in [0, 0.1) is 0 Å². The minimum Gasteiger partial charge on any atom is -0.287 e. The Morgan fingerprint density at radius 1 is 1.55 bits per heavy atom. The summed E-state index contributed by atoms with van der Waals surface area (Å²) in [5.74, 6) is -2.42. The van der Waals surface area contributed by atoms with Crippen LogP contribution in [0.25, 0.3) is 0 Å². The number of carbonyl (C=O) groups excluding carboxylic acids is 1. The molecule has 0 heterocycles. The molecule has 0 aliphatic carbocycles. The van der Waals surface area contributed by atoms with Crippen molar-refractivity contribution in [3.8, 4) is 0 Å². The second-order valence-electron chi connectivity index (χ2n) is 2.39. The van der Waals surface area contributed by atoms with E-state index in [4.69, 9.17) is 0 Å². The van der Waals surface area contributed by atoms with Crippen molar-refractivity contribution < 1.29 is 13.6 Å². The molecule has 0 fully saturated rings. The van der Waals surface area contributed by atoms with E-state index < -0.39 is 5.92 Å². The highest BCUT2D eigenvalue weighted by Gasteiger charge is 2.20. The maximum atomic E-state index is 12.2. The summed E-state index contributed by atoms with van der Waals surface area (Å²) < 4.78 is 24.3. The summed E-state index contributed by atoms with van der Waals surface area (Å²) >= 11 is 0.984. The topological polar surface area (TPSA) is 17.1 Å². The van der Waals surface area contributed by atoms with Gasteiger partial charge in [-0.3, -0.25) is 4.79 Å². The van der Waals surface area contributed by atoms with E-state index in [-0.39, 0.29) is 17.3 Å². The van der Waals surface area contributed by atoms with Crippen LogP contribution < -0.4 is 0 Å². The van der Waals surface area contributed by atoms with Crippen molar-refractivity contribution >= 4 is 16.9 Å². The number of halogens is 2. The summed E-state index contributed by atoms with van der Waals surface area (Å²) in [7, 11) is 0. The van der Waals surface area contributed by atoms with Crippen molar-refractivity contribution in [3.63, 3.8) is 0 Å². The first kappa shape index (κ1) is 10.9. The maximum Gasteiger partial charge on any atom is 0.246 e. The predicted molar refractivity (Wildman–Crippen MR) is 43.0 cm³/mol. The monoisotopic (exact) mass is 182 g/mol. The molecule has 0 aliphatic heterocycles. The molecule has 0 saturated heterocycles. The van der Waals surface area contributed by atoms with Gasteiger partial charge in [-0.1, -0.05) is 18.7 Å². The molecular weight excluding hydrogens is 170 g/mol. The smallest absolute Gasteiger partial charge is 0.246 e. The van der Waals surface area contributed by atoms with Crippen LogP contribution in [-0.2, 0) is 4.79 Å². The van der Waals surface area contributed by atoms with Crippen molar-refractivity contribution in [1.82, 2.24) is 0 Å². The van der Waals surface area contributed by atoms with E-state index in [9.17, 15) is 13.6 Å². The van der Waals surface area contributed by atoms with Gasteiger partial charge in [-0.05, 0) is 6.92 Å². The molecule has 0 N–H and O–H groups in total. The summed E-state index contributed by atoms with van der Waals surface area (Å²) in [5, 5.41) is -0.0192. The summed E-state index contributed by atoms with van der Waals surface area (Å²) in [6, 6.07) is 0. The maximum absolute atomic E-state index is 12.2. The van der Waals surface area contributed by atoms with Crippen molar-refractivity contribution in [3.05, 3.63) is 0 Å². The number of thioether (sulfide) groups is 1. The van der Waals surface area contributed by atoms with Crippen molar-refractivity contribution in [1.29, 1.82) is 0 Å². The molecule has 0 atom stereocenters. The Morgan fingerprint density at radius 2 is 2.09 bits per heavy atom. The van der Waals surface area contributed by atoms with Gasteiger partial charge < -0.3 is 0 Å². The molecule has 0 amide bonds. The first-order valence-corrected chi connectivity index (χ1v) is 4.47. The molecule has 0 saturated carbocycles. The van der Waals surface area contributed by atoms with E-state index in [1.54, 1.807) is 6.92 Å². The lowest BCUT2D eigenvalue weighted by Gasteiger charge is -2.07. The fraction of sp³-hybridized carbons (Fsp3) is 0.857. The Hall–Kier alpha value is -0.120. The SMILES string of the molecule is CCC(=O)SCCC(C)(F)F. The summed E-state index contributed by atoms with van der Waals surface area (Å²) in [4.78, 5) is 10.6. The van der Waals surface area contributed by atoms with E-state index in [0.717, 1.165) is 18.7 Å². The quantitative estimate of drug-likeness (QED) is 0.665. The van der Waals surface area contributed by atoms with Crippen LogP contribution in [0.3, 0.4) is 0 Å². The molecule has 0 aromatic carbocycles. The van der Waals surface area contributed by atoms with Gasteiger partial charge in [0.15, 0.2) is 5.12 Å². The number of hydrogen-bond acceptors (Lipinski definition) is 2. The highest BCUT2D eigenvalue weighted by molar-refractivity contribution is 8.13. The molecule has 0 bridgehead atoms. The third-order valence-corrected chi connectivity index (χ3v) is 2.11. The molecule has 0 aliphatic rings. The van der Waals surface area contributed by atoms with Crippen LogP contribution in [0.2, 0.25) is 0 Å². The molecule has 0 rings (SSSR count). The van der Waals surface area contributed by atoms with Crippen LogP contribution >= 0.6 is 11.8 Å². The predicted octanol–water partition coefficient (Wildman–Crippen LogP) is 2.70. The Balaban J connectivity index is 3.35. The standard InChI is InChI=1S/C7H12F2OS/c1-3-6(10)11-5-4-7(2,8)9/h3-5H2,1-2H3. The van der Waals surface area contributed by atoms with Gasteiger partial charge in [0.1, 0.15) is 0 Å². The molecular formula is C7H12F2OS. The molecule has 0 aromatic heterocycles. The third kappa shape index (κ3) is 7.78. The first-order valence-electron chi connectivity index (χ1n) is 3.49. The Morgan fingerprint density at radius 3 is 2.45 bits per heavy atom. The van der Waals surface area contributed by atoms with Crippen molar-refractivity contribution in [2.75, 3.05) is 5.75 Å². The number of rotatable bonds is 4. The van der Waals surface area contributed by atoms with E-state index >= 15 is 0 Å². The lowest BCUT2D eigenvalue weighted by molar-refractivity contribution is -0.110. The summed E-state index contributed by atoms with van der Waals surface area (Å²) in [6.07, 6.45) is 0.198. The lowest BCUT2D eigenvalue weighted by Crippen LogP contribution is -2.11. The van der Waals surface area contributed by atoms with Crippen molar-refractivity contribution in [2.45, 2.75) is 32.6 Å². The van der Waals surface area contributed by atoms with E-state index in [2.05, 4.69) is 0 Å². The minimum absolute atomic E-state index is 0.0192. The van der Waals surface area contributed by atoms with Gasteiger partial charge in [-0.15, -0.1) is 0 Å². The van der Waals surface area contributed by atoms with Crippen LogP contribution in [-0.4, -0.2) is 16.8 Å². The fourth-order valence-corrected chi connectivity index (χ4v) is 1.34. The van der Waals surface area contributed by atoms with E-state index in [1.165, 1.54) is 0 Å². The average molecular weight is 182 g/mol. The van der Waals surface area contributed by atoms with Gasteiger partial charge in [0, 0.05) is 18.6 Å². The van der Waals surface area contributed by atoms with Crippen LogP contribution in [0.4, 0.5) is 8.78 Å². The zero-order chi connectivity index (χ0) is 8.91. The molecule has 0 spiro atoms. The third-order valence-electron chi connectivity index (χ3n) is 1.09. The van der Waals surface area contributed by atoms with Gasteiger partial charge in [-0.2, -0.15) is 0 Å². The highest BCUT2D eigenvalue weighted by Crippen LogP contribution is 2.20. The normalized spacial score (nSPS) is 11.6. The molecule has 0 unspecified atom stereocenters. The molecule has 11 heavy (non-hydrogen) atoms. The van der Waals surface area contributed by atoms with E-state index in [1.807, 2.05) is 0 Å². The first-order chi connectivity index (χ1) is 4.95. The molecule has 0 radical (unpaired) electrons. The highest BCUT2D eigenvalue weighted by atomic mass is 32.2. The second-order valence-corrected chi connectivity index (χ2v) is 3.55. The number of carbonyl (C=O) groups is 1. The molecule has 1 nitrogen and oxygen atoms in total. The van der Waals surface area contributed by atoms with Crippen LogP contribution in [0.5, 0.6) is 0 Å². The Labute approximate surface area is 69.5 Å². The summed E-state index contributed by atoms with van der Waals surface area (Å²) in [5.41, 5.74) is 0. The van der Waals surface area contributed by atoms with Crippen LogP contribution in [0.1, 0.15) is 26.7 Å². The van der Waals surface area contributed by atoms with Crippen LogP contribution in [0.15, 0.2) is 0 Å². The number of alkyl halides is 2. The molecule has 0 aromatic rings. The summed E-state index contributed by atoms with van der Waals surface area (Å²) in [6.45, 7) is 2.59. The molecule has 66 valence electrons. The van der Waals surface area contributed by atoms with Gasteiger partial charge in [0.25, 0.3) is 0 Å². The minimum atomic E-state index is -2.64. The second kappa shape index (κ2) is 4.70. The fourth-order valence-electron chi connectivity index (χ4n) is 0.446. The zero-order valence-electron chi connectivity index (χ0n) is 6.69. The van der Waals surface area contributed by atoms with Crippen molar-refractivity contribution in [2.24, 2.45) is 0 Å². The van der Waals surface area contributed by atoms with Gasteiger partial charge >= 0.3 is 0 Å². The largest absolute Gasteiger partial charge is 0.287 e. The average Bonchev–Trinajstić information content (AvgIpc) is 1.85. The van der Waals surface area contributed by atoms with Gasteiger partial charge in [-0.25, -0.2) is 8.78 Å².